The Morgan fingerprint density at radius 3 is 2.35 bits per heavy atom. The second-order valence-electron chi connectivity index (χ2n) is 6.08. The van der Waals surface area contributed by atoms with Gasteiger partial charge in [0.05, 0.1) is 12.2 Å². The topological polar surface area (TPSA) is 35.2 Å². The Kier molecular flexibility index (Phi) is 3.53. The molecule has 3 rings (SSSR count). The summed E-state index contributed by atoms with van der Waals surface area (Å²) in [7, 11) is 0. The number of benzene rings is 2. The van der Waals surface area contributed by atoms with Gasteiger partial charge in [0.15, 0.2) is 0 Å². The van der Waals surface area contributed by atoms with Crippen molar-refractivity contribution < 1.29 is 4.74 Å². The van der Waals surface area contributed by atoms with Crippen molar-refractivity contribution >= 4 is 10.8 Å². The molecule has 2 aromatic rings. The first-order chi connectivity index (χ1) is 9.59. The third kappa shape index (κ3) is 2.13. The Morgan fingerprint density at radius 1 is 0.950 bits per heavy atom. The van der Waals surface area contributed by atoms with Gasteiger partial charge in [-0.15, -0.1) is 0 Å². The third-order valence-corrected chi connectivity index (χ3v) is 4.92. The Labute approximate surface area is 120 Å². The first kappa shape index (κ1) is 13.6. The summed E-state index contributed by atoms with van der Waals surface area (Å²) in [5, 5.41) is 2.52. The Morgan fingerprint density at radius 2 is 1.65 bits per heavy atom. The predicted octanol–water partition coefficient (Wildman–Crippen LogP) is 3.90. The molecule has 1 aliphatic heterocycles. The molecule has 0 amide bonds. The van der Waals surface area contributed by atoms with Crippen LogP contribution in [0.2, 0.25) is 0 Å². The number of hydrogen-bond donors (Lipinski definition) is 1. The number of fused-ring (bicyclic) bond motifs is 1. The average Bonchev–Trinajstić information content (AvgIpc) is 2.71. The zero-order chi connectivity index (χ0) is 14.3. The average molecular weight is 269 g/mol. The van der Waals surface area contributed by atoms with Gasteiger partial charge in [0.2, 0.25) is 0 Å². The van der Waals surface area contributed by atoms with Gasteiger partial charge in [-0.1, -0.05) is 49.4 Å². The molecule has 5 unspecified atom stereocenters. The van der Waals surface area contributed by atoms with Crippen LogP contribution in [0, 0.1) is 11.8 Å². The van der Waals surface area contributed by atoms with E-state index in [1.165, 1.54) is 16.3 Å². The Balaban J connectivity index is 2.03. The number of hydrogen-bond acceptors (Lipinski definition) is 2. The molecule has 0 aliphatic carbocycles. The van der Waals surface area contributed by atoms with E-state index in [0.29, 0.717) is 11.8 Å². The molecular weight excluding hydrogens is 246 g/mol. The second kappa shape index (κ2) is 5.19. The van der Waals surface area contributed by atoms with Crippen molar-refractivity contribution in [1.82, 2.24) is 0 Å². The van der Waals surface area contributed by atoms with Gasteiger partial charge in [0, 0.05) is 12.0 Å². The molecule has 0 spiro atoms. The summed E-state index contributed by atoms with van der Waals surface area (Å²) >= 11 is 0. The SMILES string of the molecule is CC1OC(C)C(C(N)c2cccc3ccccc23)C1C. The highest BCUT2D eigenvalue weighted by molar-refractivity contribution is 5.86. The fraction of sp³-hybridized carbons (Fsp3) is 0.444. The Hall–Kier alpha value is -1.38. The summed E-state index contributed by atoms with van der Waals surface area (Å²) in [5.41, 5.74) is 7.87. The van der Waals surface area contributed by atoms with Crippen LogP contribution in [0.1, 0.15) is 32.4 Å². The molecule has 0 saturated carbocycles. The van der Waals surface area contributed by atoms with Crippen molar-refractivity contribution in [3.63, 3.8) is 0 Å². The Bertz CT molecular complexity index is 604. The fourth-order valence-electron chi connectivity index (χ4n) is 3.66. The van der Waals surface area contributed by atoms with E-state index in [1.807, 2.05) is 0 Å². The molecule has 2 heteroatoms. The van der Waals surface area contributed by atoms with E-state index in [-0.39, 0.29) is 18.2 Å². The molecule has 2 aromatic carbocycles. The maximum Gasteiger partial charge on any atom is 0.0600 e. The van der Waals surface area contributed by atoms with Crippen LogP contribution in [0.3, 0.4) is 0 Å². The van der Waals surface area contributed by atoms with Gasteiger partial charge < -0.3 is 10.5 Å². The largest absolute Gasteiger partial charge is 0.375 e. The van der Waals surface area contributed by atoms with E-state index in [1.54, 1.807) is 0 Å². The van der Waals surface area contributed by atoms with Crippen molar-refractivity contribution in [1.29, 1.82) is 0 Å². The molecule has 0 aromatic heterocycles. The molecule has 106 valence electrons. The minimum atomic E-state index is 0.0241. The van der Waals surface area contributed by atoms with Crippen LogP contribution in [0.5, 0.6) is 0 Å². The van der Waals surface area contributed by atoms with E-state index in [9.17, 15) is 0 Å². The molecule has 5 atom stereocenters. The van der Waals surface area contributed by atoms with Gasteiger partial charge in [0.1, 0.15) is 0 Å². The van der Waals surface area contributed by atoms with Gasteiger partial charge in [-0.05, 0) is 36.1 Å². The smallest absolute Gasteiger partial charge is 0.0600 e. The summed E-state index contributed by atoms with van der Waals surface area (Å²) in [6.45, 7) is 6.55. The summed E-state index contributed by atoms with van der Waals surface area (Å²) < 4.78 is 5.96. The van der Waals surface area contributed by atoms with Crippen LogP contribution in [-0.4, -0.2) is 12.2 Å². The van der Waals surface area contributed by atoms with Crippen molar-refractivity contribution in [3.05, 3.63) is 48.0 Å². The highest BCUT2D eigenvalue weighted by Crippen LogP contribution is 2.40. The lowest BCUT2D eigenvalue weighted by Crippen LogP contribution is -2.30. The highest BCUT2D eigenvalue weighted by Gasteiger charge is 2.41. The minimum absolute atomic E-state index is 0.0241. The summed E-state index contributed by atoms with van der Waals surface area (Å²) in [6, 6.07) is 14.9. The molecule has 20 heavy (non-hydrogen) atoms. The zero-order valence-corrected chi connectivity index (χ0v) is 12.4. The van der Waals surface area contributed by atoms with E-state index in [4.69, 9.17) is 10.5 Å². The van der Waals surface area contributed by atoms with Crippen molar-refractivity contribution in [2.24, 2.45) is 17.6 Å². The van der Waals surface area contributed by atoms with Crippen molar-refractivity contribution in [2.75, 3.05) is 0 Å². The van der Waals surface area contributed by atoms with E-state index >= 15 is 0 Å². The van der Waals surface area contributed by atoms with E-state index < -0.39 is 0 Å². The summed E-state index contributed by atoms with van der Waals surface area (Å²) in [6.07, 6.45) is 0.505. The molecule has 0 radical (unpaired) electrons. The molecule has 1 fully saturated rings. The maximum absolute atomic E-state index is 6.63. The van der Waals surface area contributed by atoms with Gasteiger partial charge in [-0.3, -0.25) is 0 Å². The number of ether oxygens (including phenoxy) is 1. The third-order valence-electron chi connectivity index (χ3n) is 4.92. The predicted molar refractivity (Wildman–Crippen MR) is 83.5 cm³/mol. The lowest BCUT2D eigenvalue weighted by molar-refractivity contribution is 0.0490. The van der Waals surface area contributed by atoms with Gasteiger partial charge in [0.25, 0.3) is 0 Å². The van der Waals surface area contributed by atoms with Crippen LogP contribution in [0.15, 0.2) is 42.5 Å². The lowest BCUT2D eigenvalue weighted by Gasteiger charge is -2.27. The first-order valence-corrected chi connectivity index (χ1v) is 7.48. The van der Waals surface area contributed by atoms with Gasteiger partial charge >= 0.3 is 0 Å². The van der Waals surface area contributed by atoms with Gasteiger partial charge in [-0.2, -0.15) is 0 Å². The quantitative estimate of drug-likeness (QED) is 0.897. The molecule has 1 saturated heterocycles. The minimum Gasteiger partial charge on any atom is -0.375 e. The maximum atomic E-state index is 6.63. The van der Waals surface area contributed by atoms with Gasteiger partial charge in [-0.25, -0.2) is 0 Å². The molecule has 2 N–H and O–H groups in total. The number of nitrogens with two attached hydrogens (primary N) is 1. The van der Waals surface area contributed by atoms with E-state index in [2.05, 4.69) is 63.2 Å². The molecule has 1 heterocycles. The van der Waals surface area contributed by atoms with Crippen LogP contribution in [-0.2, 0) is 4.74 Å². The fourth-order valence-corrected chi connectivity index (χ4v) is 3.66. The second-order valence-corrected chi connectivity index (χ2v) is 6.08. The van der Waals surface area contributed by atoms with Crippen molar-refractivity contribution in [2.45, 2.75) is 39.0 Å². The first-order valence-electron chi connectivity index (χ1n) is 7.48. The molecule has 0 bridgehead atoms. The van der Waals surface area contributed by atoms with Crippen LogP contribution in [0.25, 0.3) is 10.8 Å². The zero-order valence-electron chi connectivity index (χ0n) is 12.4. The van der Waals surface area contributed by atoms with Crippen LogP contribution in [0.4, 0.5) is 0 Å². The van der Waals surface area contributed by atoms with E-state index in [0.717, 1.165) is 0 Å². The molecule has 1 aliphatic rings. The lowest BCUT2D eigenvalue weighted by atomic mass is 9.80. The van der Waals surface area contributed by atoms with Crippen molar-refractivity contribution in [3.8, 4) is 0 Å². The molecule has 2 nitrogen and oxygen atoms in total. The highest BCUT2D eigenvalue weighted by atomic mass is 16.5. The number of rotatable bonds is 2. The summed E-state index contributed by atoms with van der Waals surface area (Å²) in [5.74, 6) is 0.856. The van der Waals surface area contributed by atoms with Crippen LogP contribution < -0.4 is 5.73 Å². The monoisotopic (exact) mass is 269 g/mol. The summed E-state index contributed by atoms with van der Waals surface area (Å²) in [4.78, 5) is 0. The normalized spacial score (nSPS) is 31.6. The molecular formula is C18H23NO. The van der Waals surface area contributed by atoms with Crippen LogP contribution >= 0.6 is 0 Å². The standard InChI is InChI=1S/C18H23NO/c1-11-12(2)20-13(3)17(11)18(19)16-10-6-8-14-7-4-5-9-15(14)16/h4-13,17-18H,19H2,1-3H3.